The van der Waals surface area contributed by atoms with E-state index in [4.69, 9.17) is 9.16 Å². The third-order valence-corrected chi connectivity index (χ3v) is 9.21. The Bertz CT molecular complexity index is 501. The van der Waals surface area contributed by atoms with Gasteiger partial charge in [-0.1, -0.05) is 20.8 Å². The third kappa shape index (κ3) is 5.17. The maximum atomic E-state index is 13.9. The lowest BCUT2D eigenvalue weighted by Gasteiger charge is -2.42. The summed E-state index contributed by atoms with van der Waals surface area (Å²) in [7, 11) is -1.90. The second-order valence-corrected chi connectivity index (χ2v) is 13.2. The van der Waals surface area contributed by atoms with Crippen LogP contribution in [0, 0.1) is 9.39 Å². The van der Waals surface area contributed by atoms with Crippen molar-refractivity contribution in [2.24, 2.45) is 0 Å². The molecule has 3 nitrogen and oxygen atoms in total. The first-order chi connectivity index (χ1) is 9.36. The Labute approximate surface area is 141 Å². The predicted octanol–water partition coefficient (Wildman–Crippen LogP) is 5.00. The van der Waals surface area contributed by atoms with Crippen molar-refractivity contribution in [3.63, 3.8) is 0 Å². The molecule has 0 amide bonds. The Hall–Kier alpha value is -0.213. The number of hydrogen-bond donors (Lipinski definition) is 0. The molecule has 1 rings (SSSR count). The van der Waals surface area contributed by atoms with Gasteiger partial charge in [-0.15, -0.1) is 0 Å². The highest BCUT2D eigenvalue weighted by Gasteiger charge is 2.41. The van der Waals surface area contributed by atoms with Crippen LogP contribution in [0.25, 0.3) is 0 Å². The summed E-state index contributed by atoms with van der Waals surface area (Å²) in [6, 6.07) is 1.61. The molecule has 0 spiro atoms. The summed E-state index contributed by atoms with van der Waals surface area (Å²) in [6.07, 6.45) is 1.54. The molecular formula is C15H25FINO2Si. The molecule has 1 aromatic heterocycles. The van der Waals surface area contributed by atoms with Gasteiger partial charge in [-0.25, -0.2) is 4.98 Å². The second kappa shape index (κ2) is 6.50. The first kappa shape index (κ1) is 18.8. The average Bonchev–Trinajstić information content (AvgIpc) is 2.28. The highest BCUT2D eigenvalue weighted by molar-refractivity contribution is 14.1. The summed E-state index contributed by atoms with van der Waals surface area (Å²) in [5.41, 5.74) is -0.488. The maximum Gasteiger partial charge on any atom is 0.251 e. The van der Waals surface area contributed by atoms with Crippen LogP contribution in [0.1, 0.15) is 34.6 Å². The Kier molecular flexibility index (Phi) is 5.83. The number of aromatic nitrogens is 1. The lowest BCUT2D eigenvalue weighted by atomic mass is 10.2. The molecule has 0 bridgehead atoms. The molecule has 0 unspecified atom stereocenters. The van der Waals surface area contributed by atoms with Crippen molar-refractivity contribution in [2.75, 3.05) is 6.61 Å². The van der Waals surface area contributed by atoms with Crippen LogP contribution >= 0.6 is 22.6 Å². The van der Waals surface area contributed by atoms with E-state index in [1.165, 1.54) is 0 Å². The van der Waals surface area contributed by atoms with E-state index >= 15 is 0 Å². The van der Waals surface area contributed by atoms with Crippen molar-refractivity contribution in [1.82, 2.24) is 4.98 Å². The van der Waals surface area contributed by atoms with Crippen molar-refractivity contribution < 1.29 is 13.6 Å². The zero-order valence-corrected chi connectivity index (χ0v) is 17.0. The van der Waals surface area contributed by atoms with E-state index in [-0.39, 0.29) is 17.5 Å². The fourth-order valence-electron chi connectivity index (χ4n) is 1.62. The number of rotatable bonds is 5. The monoisotopic (exact) mass is 425 g/mol. The van der Waals surface area contributed by atoms with Crippen molar-refractivity contribution in [1.29, 1.82) is 0 Å². The van der Waals surface area contributed by atoms with Gasteiger partial charge in [0.2, 0.25) is 0 Å². The summed E-state index contributed by atoms with van der Waals surface area (Å²) in [4.78, 5) is 3.94. The highest BCUT2D eigenvalue weighted by atomic mass is 127. The molecule has 0 aliphatic rings. The molecule has 0 N–H and O–H groups in total. The molecular weight excluding hydrogens is 400 g/mol. The van der Waals surface area contributed by atoms with Gasteiger partial charge in [0, 0.05) is 6.20 Å². The van der Waals surface area contributed by atoms with Crippen molar-refractivity contribution in [3.8, 4) is 5.88 Å². The number of nitrogens with zero attached hydrogens (tertiary/aromatic N) is 1. The van der Waals surface area contributed by atoms with E-state index in [9.17, 15) is 4.39 Å². The quantitative estimate of drug-likeness (QED) is 0.491. The minimum absolute atomic E-state index is 0.0359. The molecule has 0 aliphatic carbocycles. The summed E-state index contributed by atoms with van der Waals surface area (Å²) >= 11 is 1.92. The molecule has 6 heteroatoms. The van der Waals surface area contributed by atoms with E-state index < -0.39 is 19.7 Å². The van der Waals surface area contributed by atoms with Gasteiger partial charge in [0.05, 0.1) is 9.17 Å². The lowest BCUT2D eigenvalue weighted by Crippen LogP contribution is -2.49. The number of hydrogen-bond acceptors (Lipinski definition) is 3. The molecule has 1 aromatic rings. The molecule has 0 saturated carbocycles. The zero-order valence-electron chi connectivity index (χ0n) is 13.9. The molecule has 0 atom stereocenters. The van der Waals surface area contributed by atoms with Crippen LogP contribution in [0.2, 0.25) is 18.1 Å². The largest absolute Gasteiger partial charge is 0.473 e. The first-order valence-corrected chi connectivity index (χ1v) is 11.0. The van der Waals surface area contributed by atoms with Crippen LogP contribution in [0.3, 0.4) is 0 Å². The van der Waals surface area contributed by atoms with Crippen LogP contribution in [0.4, 0.5) is 4.39 Å². The van der Waals surface area contributed by atoms with Crippen molar-refractivity contribution in [2.45, 2.75) is 58.4 Å². The second-order valence-electron chi connectivity index (χ2n) is 7.32. The summed E-state index contributed by atoms with van der Waals surface area (Å²) in [6.45, 7) is 15.2. The van der Waals surface area contributed by atoms with Gasteiger partial charge in [-0.3, -0.25) is 0 Å². The molecule has 0 radical (unpaired) electrons. The minimum atomic E-state index is -1.90. The predicted molar refractivity (Wildman–Crippen MR) is 94.8 cm³/mol. The van der Waals surface area contributed by atoms with Gasteiger partial charge in [0.1, 0.15) is 6.61 Å². The van der Waals surface area contributed by atoms with E-state index in [0.29, 0.717) is 3.57 Å². The van der Waals surface area contributed by atoms with Crippen LogP contribution < -0.4 is 4.74 Å². The smallest absolute Gasteiger partial charge is 0.251 e. The van der Waals surface area contributed by atoms with Crippen molar-refractivity contribution >= 4 is 30.9 Å². The van der Waals surface area contributed by atoms with Gasteiger partial charge in [-0.2, -0.15) is 4.39 Å². The fraction of sp³-hybridized carbons (Fsp3) is 0.667. The van der Waals surface area contributed by atoms with Crippen LogP contribution in [0.15, 0.2) is 12.3 Å². The van der Waals surface area contributed by atoms with Gasteiger partial charge in [0.25, 0.3) is 5.88 Å². The average molecular weight is 425 g/mol. The molecule has 0 aliphatic heterocycles. The third-order valence-electron chi connectivity index (χ3n) is 3.70. The fourth-order valence-corrected chi connectivity index (χ4v) is 3.76. The van der Waals surface area contributed by atoms with Crippen LogP contribution in [0.5, 0.6) is 5.88 Å². The number of pyridine rings is 1. The summed E-state index contributed by atoms with van der Waals surface area (Å²) in [5.74, 6) is -0.380. The summed E-state index contributed by atoms with van der Waals surface area (Å²) < 4.78 is 26.3. The zero-order chi connectivity index (χ0) is 16.5. The maximum absolute atomic E-state index is 13.9. The van der Waals surface area contributed by atoms with Gasteiger partial charge >= 0.3 is 0 Å². The topological polar surface area (TPSA) is 31.4 Å². The Morgan fingerprint density at radius 3 is 2.33 bits per heavy atom. The van der Waals surface area contributed by atoms with Crippen LogP contribution in [-0.4, -0.2) is 25.5 Å². The summed E-state index contributed by atoms with van der Waals surface area (Å²) in [5, 5.41) is 0.121. The van der Waals surface area contributed by atoms with E-state index in [1.807, 2.05) is 36.4 Å². The van der Waals surface area contributed by atoms with E-state index in [0.717, 1.165) is 0 Å². The molecule has 0 aromatic carbocycles. The standard InChI is InChI=1S/C15H25FINO2Si/c1-14(2,3)21(6,7)20-15(4,5)10-19-13-12(16)11(17)8-9-18-13/h8-9H,10H2,1-7H3. The minimum Gasteiger partial charge on any atom is -0.473 e. The molecule has 0 fully saturated rings. The molecule has 120 valence electrons. The Balaban J connectivity index is 2.76. The van der Waals surface area contributed by atoms with Gasteiger partial charge in [0.15, 0.2) is 14.1 Å². The van der Waals surface area contributed by atoms with Gasteiger partial charge < -0.3 is 9.16 Å². The molecule has 1 heterocycles. The number of halogens is 2. The SMILES string of the molecule is CC(C)(COc1nccc(I)c1F)O[Si](C)(C)C(C)(C)C. The lowest BCUT2D eigenvalue weighted by molar-refractivity contribution is 0.0358. The van der Waals surface area contributed by atoms with Crippen molar-refractivity contribution in [3.05, 3.63) is 21.7 Å². The van der Waals surface area contributed by atoms with E-state index in [1.54, 1.807) is 12.3 Å². The highest BCUT2D eigenvalue weighted by Crippen LogP contribution is 2.39. The first-order valence-electron chi connectivity index (χ1n) is 6.99. The molecule has 0 saturated heterocycles. The Morgan fingerprint density at radius 1 is 1.24 bits per heavy atom. The molecule has 21 heavy (non-hydrogen) atoms. The normalized spacial score (nSPS) is 13.4. The Morgan fingerprint density at radius 2 is 1.81 bits per heavy atom. The van der Waals surface area contributed by atoms with Gasteiger partial charge in [-0.05, 0) is 60.6 Å². The number of ether oxygens (including phenoxy) is 1. The van der Waals surface area contributed by atoms with E-state index in [2.05, 4.69) is 38.8 Å². The van der Waals surface area contributed by atoms with Crippen LogP contribution in [-0.2, 0) is 4.43 Å².